The van der Waals surface area contributed by atoms with Crippen LogP contribution in [0.15, 0.2) is 0 Å². The van der Waals surface area contributed by atoms with Crippen LogP contribution in [0.2, 0.25) is 0 Å². The Balaban J connectivity index is 1.67. The molecule has 2 aliphatic rings. The molecule has 2 fully saturated rings. The van der Waals surface area contributed by atoms with Crippen LogP contribution in [-0.2, 0) is 0 Å². The van der Waals surface area contributed by atoms with Gasteiger partial charge in [-0.25, -0.2) is 0 Å². The number of rotatable bonds is 6. The smallest absolute Gasteiger partial charge is 0.0110 e. The molecule has 2 nitrogen and oxygen atoms in total. The normalized spacial score (nSPS) is 28.9. The number of nitrogens with one attached hydrogen (secondary N) is 1. The van der Waals surface area contributed by atoms with Crippen molar-refractivity contribution in [1.82, 2.24) is 10.2 Å². The first-order valence-corrected chi connectivity index (χ1v) is 7.78. The molecular formula is C15H30N2. The van der Waals surface area contributed by atoms with Gasteiger partial charge in [-0.1, -0.05) is 19.8 Å². The first-order chi connectivity index (χ1) is 8.31. The third kappa shape index (κ3) is 4.26. The van der Waals surface area contributed by atoms with Crippen molar-refractivity contribution in [2.24, 2.45) is 5.92 Å². The number of nitrogens with zero attached hydrogens (tertiary/aromatic N) is 1. The summed E-state index contributed by atoms with van der Waals surface area (Å²) in [5.74, 6) is 0.987. The van der Waals surface area contributed by atoms with E-state index < -0.39 is 0 Å². The molecule has 2 rings (SSSR count). The zero-order valence-electron chi connectivity index (χ0n) is 11.8. The molecule has 0 aromatic heterocycles. The van der Waals surface area contributed by atoms with Gasteiger partial charge in [-0.05, 0) is 51.5 Å². The van der Waals surface area contributed by atoms with Gasteiger partial charge in [0.2, 0.25) is 0 Å². The van der Waals surface area contributed by atoms with E-state index in [-0.39, 0.29) is 0 Å². The maximum absolute atomic E-state index is 3.72. The summed E-state index contributed by atoms with van der Waals surface area (Å²) in [6.07, 6.45) is 9.96. The molecule has 1 saturated heterocycles. The average molecular weight is 238 g/mol. The summed E-state index contributed by atoms with van der Waals surface area (Å²) in [6, 6.07) is 1.61. The first-order valence-electron chi connectivity index (χ1n) is 7.78. The minimum absolute atomic E-state index is 0.752. The van der Waals surface area contributed by atoms with E-state index in [2.05, 4.69) is 24.1 Å². The lowest BCUT2D eigenvalue weighted by atomic mass is 10.1. The molecule has 1 N–H and O–H groups in total. The maximum atomic E-state index is 3.72. The second-order valence-corrected chi connectivity index (χ2v) is 6.03. The van der Waals surface area contributed by atoms with Crippen LogP contribution in [0.4, 0.5) is 0 Å². The van der Waals surface area contributed by atoms with Gasteiger partial charge in [-0.15, -0.1) is 0 Å². The summed E-state index contributed by atoms with van der Waals surface area (Å²) in [5, 5.41) is 3.72. The second-order valence-electron chi connectivity index (χ2n) is 6.03. The van der Waals surface area contributed by atoms with Gasteiger partial charge in [-0.3, -0.25) is 4.90 Å². The number of hydrogen-bond donors (Lipinski definition) is 1. The molecule has 0 radical (unpaired) electrons. The van der Waals surface area contributed by atoms with E-state index in [9.17, 15) is 0 Å². The Hall–Kier alpha value is -0.0800. The summed E-state index contributed by atoms with van der Waals surface area (Å²) < 4.78 is 0. The van der Waals surface area contributed by atoms with Crippen LogP contribution < -0.4 is 5.32 Å². The van der Waals surface area contributed by atoms with Gasteiger partial charge in [0, 0.05) is 25.2 Å². The number of likely N-dealkylation sites (tertiary alicyclic amines) is 1. The Bertz CT molecular complexity index is 213. The molecule has 0 bridgehead atoms. The molecule has 1 saturated carbocycles. The molecule has 2 heteroatoms. The summed E-state index contributed by atoms with van der Waals surface area (Å²) in [6.45, 7) is 8.49. The highest BCUT2D eigenvalue weighted by atomic mass is 15.2. The molecule has 100 valence electrons. The van der Waals surface area contributed by atoms with Crippen molar-refractivity contribution < 1.29 is 0 Å². The largest absolute Gasteiger partial charge is 0.313 e. The van der Waals surface area contributed by atoms with Crippen molar-refractivity contribution in [2.45, 2.75) is 70.9 Å². The first kappa shape index (κ1) is 13.4. The Morgan fingerprint density at radius 1 is 1.18 bits per heavy atom. The van der Waals surface area contributed by atoms with Crippen LogP contribution in [0.3, 0.4) is 0 Å². The zero-order chi connectivity index (χ0) is 12.1. The molecule has 0 aromatic rings. The van der Waals surface area contributed by atoms with Crippen LogP contribution in [0.1, 0.15) is 58.8 Å². The molecule has 0 aromatic carbocycles. The molecule has 2 unspecified atom stereocenters. The lowest BCUT2D eigenvalue weighted by molar-refractivity contribution is 0.192. The van der Waals surface area contributed by atoms with E-state index in [0.717, 1.165) is 18.0 Å². The van der Waals surface area contributed by atoms with Crippen molar-refractivity contribution >= 4 is 0 Å². The van der Waals surface area contributed by atoms with E-state index in [1.165, 1.54) is 64.6 Å². The van der Waals surface area contributed by atoms with Crippen molar-refractivity contribution in [1.29, 1.82) is 0 Å². The van der Waals surface area contributed by atoms with Crippen molar-refractivity contribution in [3.8, 4) is 0 Å². The van der Waals surface area contributed by atoms with Crippen LogP contribution in [0.5, 0.6) is 0 Å². The Labute approximate surface area is 107 Å². The van der Waals surface area contributed by atoms with Gasteiger partial charge in [0.25, 0.3) is 0 Å². The van der Waals surface area contributed by atoms with Gasteiger partial charge < -0.3 is 5.32 Å². The highest BCUT2D eigenvalue weighted by molar-refractivity contribution is 4.83. The predicted octanol–water partition coefficient (Wildman–Crippen LogP) is 3.03. The van der Waals surface area contributed by atoms with Crippen LogP contribution in [-0.4, -0.2) is 36.6 Å². The van der Waals surface area contributed by atoms with Crippen LogP contribution >= 0.6 is 0 Å². The van der Waals surface area contributed by atoms with Crippen molar-refractivity contribution in [3.63, 3.8) is 0 Å². The average Bonchev–Trinajstić information content (AvgIpc) is 3.16. The van der Waals surface area contributed by atoms with Crippen LogP contribution in [0.25, 0.3) is 0 Å². The maximum Gasteiger partial charge on any atom is 0.0110 e. The minimum atomic E-state index is 0.752. The molecule has 0 amide bonds. The highest BCUT2D eigenvalue weighted by Gasteiger charge is 2.27. The third-order valence-electron chi connectivity index (χ3n) is 4.66. The Morgan fingerprint density at radius 3 is 2.71 bits per heavy atom. The van der Waals surface area contributed by atoms with E-state index in [1.54, 1.807) is 0 Å². The van der Waals surface area contributed by atoms with Gasteiger partial charge in [0.1, 0.15) is 0 Å². The van der Waals surface area contributed by atoms with Gasteiger partial charge >= 0.3 is 0 Å². The molecule has 1 aliphatic carbocycles. The summed E-state index contributed by atoms with van der Waals surface area (Å²) >= 11 is 0. The fourth-order valence-electron chi connectivity index (χ4n) is 3.19. The molecule has 1 aliphatic heterocycles. The summed E-state index contributed by atoms with van der Waals surface area (Å²) in [5.41, 5.74) is 0. The monoisotopic (exact) mass is 238 g/mol. The van der Waals surface area contributed by atoms with Crippen molar-refractivity contribution in [2.75, 3.05) is 19.6 Å². The van der Waals surface area contributed by atoms with E-state index in [4.69, 9.17) is 0 Å². The van der Waals surface area contributed by atoms with E-state index in [0.29, 0.717) is 0 Å². The lowest BCUT2D eigenvalue weighted by Gasteiger charge is -2.29. The molecule has 0 spiro atoms. The second kappa shape index (κ2) is 6.75. The van der Waals surface area contributed by atoms with E-state index >= 15 is 0 Å². The molecule has 1 heterocycles. The van der Waals surface area contributed by atoms with Gasteiger partial charge in [0.15, 0.2) is 0 Å². The minimum Gasteiger partial charge on any atom is -0.313 e. The highest BCUT2D eigenvalue weighted by Crippen LogP contribution is 2.32. The topological polar surface area (TPSA) is 15.3 Å². The Kier molecular flexibility index (Phi) is 5.30. The standard InChI is InChI=1S/C15H30N2/c1-3-15-7-5-4-6-11-17(15)12-10-16-13(2)14-8-9-14/h13-16H,3-12H2,1-2H3. The zero-order valence-corrected chi connectivity index (χ0v) is 11.8. The third-order valence-corrected chi connectivity index (χ3v) is 4.66. The molecule has 17 heavy (non-hydrogen) atoms. The summed E-state index contributed by atoms with van der Waals surface area (Å²) in [7, 11) is 0. The fraction of sp³-hybridized carbons (Fsp3) is 1.00. The Morgan fingerprint density at radius 2 is 2.00 bits per heavy atom. The van der Waals surface area contributed by atoms with Crippen LogP contribution in [0, 0.1) is 5.92 Å². The summed E-state index contributed by atoms with van der Waals surface area (Å²) in [4.78, 5) is 2.74. The quantitative estimate of drug-likeness (QED) is 0.765. The molecule has 2 atom stereocenters. The SMILES string of the molecule is CCC1CCCCCN1CCNC(C)C1CC1. The van der Waals surface area contributed by atoms with Gasteiger partial charge in [0.05, 0.1) is 0 Å². The predicted molar refractivity (Wildman–Crippen MR) is 74.3 cm³/mol. The number of hydrogen-bond acceptors (Lipinski definition) is 2. The van der Waals surface area contributed by atoms with E-state index in [1.807, 2.05) is 0 Å². The fourth-order valence-corrected chi connectivity index (χ4v) is 3.19. The van der Waals surface area contributed by atoms with Crippen molar-refractivity contribution in [3.05, 3.63) is 0 Å². The lowest BCUT2D eigenvalue weighted by Crippen LogP contribution is -2.41. The molecular weight excluding hydrogens is 208 g/mol. The van der Waals surface area contributed by atoms with Gasteiger partial charge in [-0.2, -0.15) is 0 Å².